The SMILES string of the molecule is NCC(c1ccccc1Br)N1CCCCCC1CO. The van der Waals surface area contributed by atoms with Crippen LogP contribution < -0.4 is 5.73 Å². The second-order valence-electron chi connectivity index (χ2n) is 5.20. The number of nitrogens with two attached hydrogens (primary N) is 1. The monoisotopic (exact) mass is 326 g/mol. The first kappa shape index (κ1) is 15.0. The topological polar surface area (TPSA) is 49.5 Å². The number of hydrogen-bond acceptors (Lipinski definition) is 3. The molecule has 4 heteroatoms. The molecule has 1 saturated heterocycles. The predicted octanol–water partition coefficient (Wildman–Crippen LogP) is 2.69. The zero-order valence-corrected chi connectivity index (χ0v) is 12.8. The maximum atomic E-state index is 9.65. The number of hydrogen-bond donors (Lipinski definition) is 2. The molecule has 3 N–H and O–H groups in total. The third-order valence-corrected chi connectivity index (χ3v) is 4.74. The Kier molecular flexibility index (Phi) is 5.82. The lowest BCUT2D eigenvalue weighted by atomic mass is 10.0. The maximum Gasteiger partial charge on any atom is 0.0587 e. The molecule has 2 atom stereocenters. The van der Waals surface area contributed by atoms with E-state index in [2.05, 4.69) is 39.0 Å². The highest BCUT2D eigenvalue weighted by Gasteiger charge is 2.28. The van der Waals surface area contributed by atoms with Crippen molar-refractivity contribution in [3.05, 3.63) is 34.3 Å². The highest BCUT2D eigenvalue weighted by Crippen LogP contribution is 2.31. The molecule has 0 radical (unpaired) electrons. The summed E-state index contributed by atoms with van der Waals surface area (Å²) >= 11 is 3.62. The normalized spacial score (nSPS) is 23.0. The van der Waals surface area contributed by atoms with E-state index in [4.69, 9.17) is 5.73 Å². The smallest absolute Gasteiger partial charge is 0.0587 e. The molecule has 0 bridgehead atoms. The third kappa shape index (κ3) is 3.57. The molecule has 1 aromatic rings. The molecule has 0 saturated carbocycles. The van der Waals surface area contributed by atoms with Crippen molar-refractivity contribution in [2.45, 2.75) is 37.8 Å². The fourth-order valence-corrected chi connectivity index (χ4v) is 3.54. The summed E-state index contributed by atoms with van der Waals surface area (Å²) in [6, 6.07) is 8.68. The van der Waals surface area contributed by atoms with Crippen molar-refractivity contribution >= 4 is 15.9 Å². The second kappa shape index (κ2) is 7.39. The maximum absolute atomic E-state index is 9.65. The van der Waals surface area contributed by atoms with E-state index in [1.807, 2.05) is 6.07 Å². The van der Waals surface area contributed by atoms with Gasteiger partial charge in [0.1, 0.15) is 0 Å². The first-order valence-electron chi connectivity index (χ1n) is 7.09. The van der Waals surface area contributed by atoms with Crippen LogP contribution in [0.5, 0.6) is 0 Å². The Bertz CT molecular complexity index is 399. The minimum Gasteiger partial charge on any atom is -0.395 e. The van der Waals surface area contributed by atoms with Crippen LogP contribution >= 0.6 is 15.9 Å². The van der Waals surface area contributed by atoms with Crippen molar-refractivity contribution in [3.63, 3.8) is 0 Å². The van der Waals surface area contributed by atoms with Crippen LogP contribution in [-0.2, 0) is 0 Å². The van der Waals surface area contributed by atoms with Crippen LogP contribution in [0.2, 0.25) is 0 Å². The van der Waals surface area contributed by atoms with E-state index in [-0.39, 0.29) is 18.7 Å². The summed E-state index contributed by atoms with van der Waals surface area (Å²) in [7, 11) is 0. The van der Waals surface area contributed by atoms with Crippen molar-refractivity contribution in [2.75, 3.05) is 19.7 Å². The number of nitrogens with zero attached hydrogens (tertiary/aromatic N) is 1. The molecule has 1 fully saturated rings. The average molecular weight is 327 g/mol. The molecule has 0 spiro atoms. The Morgan fingerprint density at radius 3 is 2.79 bits per heavy atom. The molecule has 2 unspecified atom stereocenters. The van der Waals surface area contributed by atoms with Crippen molar-refractivity contribution in [1.29, 1.82) is 0 Å². The lowest BCUT2D eigenvalue weighted by Crippen LogP contribution is -2.43. The Labute approximate surface area is 123 Å². The van der Waals surface area contributed by atoms with Gasteiger partial charge in [0, 0.05) is 23.1 Å². The Balaban J connectivity index is 2.26. The van der Waals surface area contributed by atoms with Crippen molar-refractivity contribution in [2.24, 2.45) is 5.73 Å². The van der Waals surface area contributed by atoms with Gasteiger partial charge in [-0.15, -0.1) is 0 Å². The molecule has 0 amide bonds. The van der Waals surface area contributed by atoms with Gasteiger partial charge in [0.05, 0.1) is 6.61 Å². The van der Waals surface area contributed by atoms with E-state index in [1.54, 1.807) is 0 Å². The van der Waals surface area contributed by atoms with Crippen LogP contribution in [0, 0.1) is 0 Å². The van der Waals surface area contributed by atoms with E-state index in [0.717, 1.165) is 17.4 Å². The minimum atomic E-state index is 0.186. The van der Waals surface area contributed by atoms with Crippen molar-refractivity contribution in [3.8, 4) is 0 Å². The van der Waals surface area contributed by atoms with Crippen LogP contribution in [0.15, 0.2) is 28.7 Å². The molecule has 106 valence electrons. The van der Waals surface area contributed by atoms with Crippen LogP contribution in [0.3, 0.4) is 0 Å². The minimum absolute atomic E-state index is 0.186. The van der Waals surface area contributed by atoms with E-state index in [0.29, 0.717) is 6.54 Å². The van der Waals surface area contributed by atoms with Gasteiger partial charge in [-0.3, -0.25) is 4.90 Å². The number of aliphatic hydroxyl groups excluding tert-OH is 1. The van der Waals surface area contributed by atoms with E-state index >= 15 is 0 Å². The summed E-state index contributed by atoms with van der Waals surface area (Å²) < 4.78 is 1.10. The summed E-state index contributed by atoms with van der Waals surface area (Å²) in [5.74, 6) is 0. The molecule has 0 aromatic heterocycles. The largest absolute Gasteiger partial charge is 0.395 e. The first-order chi connectivity index (χ1) is 9.27. The molecule has 1 aliphatic heterocycles. The first-order valence-corrected chi connectivity index (χ1v) is 7.88. The summed E-state index contributed by atoms with van der Waals surface area (Å²) in [6.07, 6.45) is 4.71. The number of aliphatic hydroxyl groups is 1. The van der Waals surface area contributed by atoms with Gasteiger partial charge in [0.25, 0.3) is 0 Å². The van der Waals surface area contributed by atoms with Crippen LogP contribution in [0.25, 0.3) is 0 Å². The number of halogens is 1. The van der Waals surface area contributed by atoms with Gasteiger partial charge in [-0.05, 0) is 31.0 Å². The molecular weight excluding hydrogens is 304 g/mol. The quantitative estimate of drug-likeness (QED) is 0.894. The summed E-state index contributed by atoms with van der Waals surface area (Å²) in [4.78, 5) is 2.40. The molecule has 1 aromatic carbocycles. The predicted molar refractivity (Wildman–Crippen MR) is 82.0 cm³/mol. The van der Waals surface area contributed by atoms with Crippen LogP contribution in [0.1, 0.15) is 37.3 Å². The lowest BCUT2D eigenvalue weighted by molar-refractivity contribution is 0.0868. The summed E-state index contributed by atoms with van der Waals surface area (Å²) in [5.41, 5.74) is 7.26. The van der Waals surface area contributed by atoms with Gasteiger partial charge in [-0.2, -0.15) is 0 Å². The molecule has 2 rings (SSSR count). The van der Waals surface area contributed by atoms with Gasteiger partial charge in [-0.1, -0.05) is 47.0 Å². The van der Waals surface area contributed by atoms with Gasteiger partial charge < -0.3 is 10.8 Å². The average Bonchev–Trinajstić information content (AvgIpc) is 2.67. The second-order valence-corrected chi connectivity index (χ2v) is 6.05. The van der Waals surface area contributed by atoms with Crippen LogP contribution in [0.4, 0.5) is 0 Å². The number of benzene rings is 1. The zero-order valence-electron chi connectivity index (χ0n) is 11.3. The molecular formula is C15H23BrN2O. The van der Waals surface area contributed by atoms with Gasteiger partial charge in [0.15, 0.2) is 0 Å². The number of rotatable bonds is 4. The molecule has 0 aliphatic carbocycles. The fourth-order valence-electron chi connectivity index (χ4n) is 2.99. The third-order valence-electron chi connectivity index (χ3n) is 4.02. The molecule has 19 heavy (non-hydrogen) atoms. The molecule has 3 nitrogen and oxygen atoms in total. The standard InChI is InChI=1S/C15H23BrN2O/c16-14-8-4-3-7-13(14)15(10-17)18-9-5-1-2-6-12(18)11-19/h3-4,7-8,12,15,19H,1-2,5-6,9-11,17H2. The summed E-state index contributed by atoms with van der Waals surface area (Å²) in [5, 5.41) is 9.65. The van der Waals surface area contributed by atoms with E-state index in [9.17, 15) is 5.11 Å². The summed E-state index contributed by atoms with van der Waals surface area (Å²) in [6.45, 7) is 1.83. The molecule has 1 aliphatic rings. The molecule has 1 heterocycles. The highest BCUT2D eigenvalue weighted by molar-refractivity contribution is 9.10. The van der Waals surface area contributed by atoms with Crippen LogP contribution in [-0.4, -0.2) is 35.7 Å². The van der Waals surface area contributed by atoms with E-state index < -0.39 is 0 Å². The van der Waals surface area contributed by atoms with Gasteiger partial charge >= 0.3 is 0 Å². The highest BCUT2D eigenvalue weighted by atomic mass is 79.9. The van der Waals surface area contributed by atoms with Gasteiger partial charge in [-0.25, -0.2) is 0 Å². The lowest BCUT2D eigenvalue weighted by Gasteiger charge is -2.36. The fraction of sp³-hybridized carbons (Fsp3) is 0.600. The van der Waals surface area contributed by atoms with Gasteiger partial charge in [0.2, 0.25) is 0 Å². The number of likely N-dealkylation sites (tertiary alicyclic amines) is 1. The Hall–Kier alpha value is -0.420. The van der Waals surface area contributed by atoms with E-state index in [1.165, 1.54) is 24.8 Å². The Morgan fingerprint density at radius 2 is 2.11 bits per heavy atom. The Morgan fingerprint density at radius 1 is 1.32 bits per heavy atom. The zero-order chi connectivity index (χ0) is 13.7. The van der Waals surface area contributed by atoms with Crippen molar-refractivity contribution in [1.82, 2.24) is 4.90 Å². The van der Waals surface area contributed by atoms with Crippen molar-refractivity contribution < 1.29 is 5.11 Å².